The van der Waals surface area contributed by atoms with Crippen molar-refractivity contribution >= 4 is 40.1 Å². The van der Waals surface area contributed by atoms with Gasteiger partial charge in [-0.3, -0.25) is 10.1 Å². The van der Waals surface area contributed by atoms with Crippen molar-refractivity contribution in [3.05, 3.63) is 39.4 Å². The normalized spacial score (nSPS) is 13.1. The molecule has 0 bridgehead atoms. The average molecular weight is 396 g/mol. The van der Waals surface area contributed by atoms with Crippen LogP contribution in [-0.4, -0.2) is 42.1 Å². The second-order valence-corrected chi connectivity index (χ2v) is 7.08. The van der Waals surface area contributed by atoms with E-state index in [-0.39, 0.29) is 5.91 Å². The number of fused-ring (bicyclic) bond motifs is 1. The smallest absolute Gasteiger partial charge is 0.413 e. The molecular weight excluding hydrogens is 378 g/mol. The van der Waals surface area contributed by atoms with Crippen LogP contribution < -0.4 is 10.1 Å². The highest BCUT2D eigenvalue weighted by Crippen LogP contribution is 2.31. The SMILES string of the molecule is CCOC(=O)Nc1nc2c(s1)CN(C(=O)c1cc(Cl)ccc1OC)CC2. The molecule has 1 aliphatic heterocycles. The van der Waals surface area contributed by atoms with Crippen LogP contribution in [0.25, 0.3) is 0 Å². The molecule has 0 unspecified atom stereocenters. The van der Waals surface area contributed by atoms with Gasteiger partial charge >= 0.3 is 6.09 Å². The zero-order chi connectivity index (χ0) is 18.7. The van der Waals surface area contributed by atoms with Crippen LogP contribution >= 0.6 is 22.9 Å². The van der Waals surface area contributed by atoms with Crippen molar-refractivity contribution in [2.45, 2.75) is 19.9 Å². The van der Waals surface area contributed by atoms with Crippen LogP contribution in [0.1, 0.15) is 27.9 Å². The highest BCUT2D eigenvalue weighted by atomic mass is 35.5. The Hall–Kier alpha value is -2.32. The average Bonchev–Trinajstić information content (AvgIpc) is 3.02. The molecule has 9 heteroatoms. The molecule has 138 valence electrons. The highest BCUT2D eigenvalue weighted by Gasteiger charge is 2.27. The lowest BCUT2D eigenvalue weighted by Gasteiger charge is -2.26. The minimum atomic E-state index is -0.532. The maximum Gasteiger partial charge on any atom is 0.413 e. The predicted octanol–water partition coefficient (Wildman–Crippen LogP) is 3.57. The fraction of sp³-hybridized carbons (Fsp3) is 0.353. The van der Waals surface area contributed by atoms with Crippen molar-refractivity contribution in [2.24, 2.45) is 0 Å². The number of nitrogens with zero attached hydrogens (tertiary/aromatic N) is 2. The fourth-order valence-electron chi connectivity index (χ4n) is 2.69. The Morgan fingerprint density at radius 2 is 2.23 bits per heavy atom. The van der Waals surface area contributed by atoms with Gasteiger partial charge in [0.2, 0.25) is 0 Å². The Bertz CT molecular complexity index is 839. The van der Waals surface area contributed by atoms with Crippen molar-refractivity contribution < 1.29 is 19.1 Å². The number of hydrogen-bond donors (Lipinski definition) is 1. The minimum Gasteiger partial charge on any atom is -0.496 e. The molecule has 1 aromatic carbocycles. The molecule has 2 amide bonds. The third kappa shape index (κ3) is 3.91. The van der Waals surface area contributed by atoms with E-state index in [1.807, 2.05) is 0 Å². The molecular formula is C17H18ClN3O4S. The maximum atomic E-state index is 12.9. The number of benzene rings is 1. The van der Waals surface area contributed by atoms with Crippen molar-refractivity contribution in [1.29, 1.82) is 0 Å². The number of hydrogen-bond acceptors (Lipinski definition) is 6. The number of halogens is 1. The van der Waals surface area contributed by atoms with Crippen LogP contribution in [0.4, 0.5) is 9.93 Å². The summed E-state index contributed by atoms with van der Waals surface area (Å²) in [7, 11) is 1.52. The number of nitrogens with one attached hydrogen (secondary N) is 1. The summed E-state index contributed by atoms with van der Waals surface area (Å²) in [6.07, 6.45) is 0.0838. The zero-order valence-electron chi connectivity index (χ0n) is 14.4. The number of ether oxygens (including phenoxy) is 2. The Balaban J connectivity index is 1.76. The molecule has 7 nitrogen and oxygen atoms in total. The largest absolute Gasteiger partial charge is 0.496 e. The van der Waals surface area contributed by atoms with Gasteiger partial charge in [-0.2, -0.15) is 0 Å². The number of rotatable bonds is 4. The molecule has 1 aliphatic rings. The number of anilines is 1. The summed E-state index contributed by atoms with van der Waals surface area (Å²) in [4.78, 5) is 31.5. The summed E-state index contributed by atoms with van der Waals surface area (Å²) in [6, 6.07) is 4.97. The van der Waals surface area contributed by atoms with Gasteiger partial charge in [-0.25, -0.2) is 9.78 Å². The van der Waals surface area contributed by atoms with E-state index in [1.165, 1.54) is 18.4 Å². The zero-order valence-corrected chi connectivity index (χ0v) is 15.9. The number of methoxy groups -OCH3 is 1. The van der Waals surface area contributed by atoms with Crippen molar-refractivity contribution in [3.8, 4) is 5.75 Å². The first-order valence-electron chi connectivity index (χ1n) is 8.07. The summed E-state index contributed by atoms with van der Waals surface area (Å²) >= 11 is 7.37. The molecule has 0 saturated heterocycles. The van der Waals surface area contributed by atoms with Crippen LogP contribution in [0.15, 0.2) is 18.2 Å². The van der Waals surface area contributed by atoms with Crippen LogP contribution in [-0.2, 0) is 17.7 Å². The van der Waals surface area contributed by atoms with E-state index in [0.717, 1.165) is 10.6 Å². The van der Waals surface area contributed by atoms with Gasteiger partial charge in [-0.1, -0.05) is 22.9 Å². The molecule has 2 aromatic rings. The molecule has 3 rings (SSSR count). The molecule has 0 aliphatic carbocycles. The maximum absolute atomic E-state index is 12.9. The summed E-state index contributed by atoms with van der Waals surface area (Å²) < 4.78 is 10.1. The van der Waals surface area contributed by atoms with Gasteiger partial charge in [0, 0.05) is 22.9 Å². The van der Waals surface area contributed by atoms with Gasteiger partial charge in [0.05, 0.1) is 31.5 Å². The van der Waals surface area contributed by atoms with Gasteiger partial charge in [-0.05, 0) is 25.1 Å². The molecule has 0 saturated carbocycles. The summed E-state index contributed by atoms with van der Waals surface area (Å²) in [6.45, 7) is 2.98. The van der Waals surface area contributed by atoms with Gasteiger partial charge in [-0.15, -0.1) is 0 Å². The van der Waals surface area contributed by atoms with E-state index in [1.54, 1.807) is 30.0 Å². The molecule has 0 fully saturated rings. The number of carbonyl (C=O) groups excluding carboxylic acids is 2. The van der Waals surface area contributed by atoms with Gasteiger partial charge < -0.3 is 14.4 Å². The topological polar surface area (TPSA) is 80.8 Å². The summed E-state index contributed by atoms with van der Waals surface area (Å²) in [5.74, 6) is 0.336. The van der Waals surface area contributed by atoms with E-state index in [0.29, 0.717) is 47.6 Å². The van der Waals surface area contributed by atoms with Crippen molar-refractivity contribution in [3.63, 3.8) is 0 Å². The van der Waals surface area contributed by atoms with Gasteiger partial charge in [0.1, 0.15) is 5.75 Å². The second-order valence-electron chi connectivity index (χ2n) is 5.56. The fourth-order valence-corrected chi connectivity index (χ4v) is 3.88. The Morgan fingerprint density at radius 3 is 2.96 bits per heavy atom. The quantitative estimate of drug-likeness (QED) is 0.855. The summed E-state index contributed by atoms with van der Waals surface area (Å²) in [5.41, 5.74) is 1.32. The van der Waals surface area contributed by atoms with Crippen molar-refractivity contribution in [2.75, 3.05) is 25.6 Å². The van der Waals surface area contributed by atoms with Crippen LogP contribution in [0.2, 0.25) is 5.02 Å². The molecule has 0 radical (unpaired) electrons. The summed E-state index contributed by atoms with van der Waals surface area (Å²) in [5, 5.41) is 3.56. The lowest BCUT2D eigenvalue weighted by Crippen LogP contribution is -2.35. The van der Waals surface area contributed by atoms with E-state index in [2.05, 4.69) is 10.3 Å². The standard InChI is InChI=1S/C17H18ClN3O4S/c1-3-25-17(23)20-16-19-12-6-7-21(9-14(12)26-16)15(22)11-8-10(18)4-5-13(11)24-2/h4-5,8H,3,6-7,9H2,1-2H3,(H,19,20,23). The third-order valence-electron chi connectivity index (χ3n) is 3.89. The molecule has 0 spiro atoms. The van der Waals surface area contributed by atoms with E-state index in [4.69, 9.17) is 21.1 Å². The Morgan fingerprint density at radius 1 is 1.42 bits per heavy atom. The molecule has 26 heavy (non-hydrogen) atoms. The molecule has 2 heterocycles. The monoisotopic (exact) mass is 395 g/mol. The highest BCUT2D eigenvalue weighted by molar-refractivity contribution is 7.15. The first kappa shape index (κ1) is 18.5. The van der Waals surface area contributed by atoms with Gasteiger partial charge in [0.25, 0.3) is 5.91 Å². The molecule has 1 aromatic heterocycles. The van der Waals surface area contributed by atoms with E-state index >= 15 is 0 Å². The number of aromatic nitrogens is 1. The van der Waals surface area contributed by atoms with E-state index in [9.17, 15) is 9.59 Å². The number of thiazole rings is 1. The van der Waals surface area contributed by atoms with Crippen LogP contribution in [0.3, 0.4) is 0 Å². The number of carbonyl (C=O) groups is 2. The lowest BCUT2D eigenvalue weighted by molar-refractivity contribution is 0.0732. The number of amides is 2. The Kier molecular flexibility index (Phi) is 5.63. The second kappa shape index (κ2) is 7.92. The molecule has 0 atom stereocenters. The third-order valence-corrected chi connectivity index (χ3v) is 5.13. The van der Waals surface area contributed by atoms with E-state index < -0.39 is 6.09 Å². The Labute approximate surface area is 159 Å². The first-order valence-corrected chi connectivity index (χ1v) is 9.26. The minimum absolute atomic E-state index is 0.150. The predicted molar refractivity (Wildman–Crippen MR) is 99.2 cm³/mol. The van der Waals surface area contributed by atoms with Crippen molar-refractivity contribution in [1.82, 2.24) is 9.88 Å². The first-order chi connectivity index (χ1) is 12.5. The van der Waals surface area contributed by atoms with Crippen LogP contribution in [0.5, 0.6) is 5.75 Å². The van der Waals surface area contributed by atoms with Crippen LogP contribution in [0, 0.1) is 0 Å². The lowest BCUT2D eigenvalue weighted by atomic mass is 10.1. The van der Waals surface area contributed by atoms with Gasteiger partial charge in [0.15, 0.2) is 5.13 Å². The molecule has 1 N–H and O–H groups in total.